The summed E-state index contributed by atoms with van der Waals surface area (Å²) in [5.41, 5.74) is 6.58. The van der Waals surface area contributed by atoms with Gasteiger partial charge in [0, 0.05) is 23.6 Å². The lowest BCUT2D eigenvalue weighted by Gasteiger charge is -2.21. The molecule has 0 saturated carbocycles. The Bertz CT molecular complexity index is 792. The normalized spacial score (nSPS) is 12.7. The number of nitrogens with one attached hydrogen (secondary N) is 2. The highest BCUT2D eigenvalue weighted by Crippen LogP contribution is 2.14. The van der Waals surface area contributed by atoms with E-state index in [1.807, 2.05) is 13.8 Å². The minimum absolute atomic E-state index is 0.0788. The van der Waals surface area contributed by atoms with Crippen molar-refractivity contribution in [3.05, 3.63) is 59.9 Å². The standard InChI is InChI=1S/C19H22N4O3/c1-3-12(2)16(17(20)24)23-18(25)13-6-4-8-15(10-13)22-19(26)14-7-5-9-21-11-14/h4-12,16H,3H2,1-2H3,(H2,20,24)(H,22,26)(H,23,25). The molecule has 0 saturated heterocycles. The molecular weight excluding hydrogens is 332 g/mol. The molecule has 7 nitrogen and oxygen atoms in total. The molecule has 2 rings (SSSR count). The Labute approximate surface area is 152 Å². The van der Waals surface area contributed by atoms with Gasteiger partial charge in [0.05, 0.1) is 5.56 Å². The summed E-state index contributed by atoms with van der Waals surface area (Å²) in [5.74, 6) is -1.41. The van der Waals surface area contributed by atoms with Crippen molar-refractivity contribution in [1.29, 1.82) is 0 Å². The number of pyridine rings is 1. The van der Waals surface area contributed by atoms with Crippen LogP contribution in [0.15, 0.2) is 48.8 Å². The lowest BCUT2D eigenvalue weighted by atomic mass is 9.98. The van der Waals surface area contributed by atoms with E-state index in [9.17, 15) is 14.4 Å². The van der Waals surface area contributed by atoms with Crippen LogP contribution >= 0.6 is 0 Å². The second-order valence-electron chi connectivity index (χ2n) is 6.02. The van der Waals surface area contributed by atoms with Crippen molar-refractivity contribution in [2.24, 2.45) is 11.7 Å². The van der Waals surface area contributed by atoms with Crippen LogP contribution in [0, 0.1) is 5.92 Å². The maximum absolute atomic E-state index is 12.4. The van der Waals surface area contributed by atoms with Crippen molar-refractivity contribution in [1.82, 2.24) is 10.3 Å². The monoisotopic (exact) mass is 354 g/mol. The van der Waals surface area contributed by atoms with Crippen LogP contribution in [-0.2, 0) is 4.79 Å². The van der Waals surface area contributed by atoms with E-state index in [4.69, 9.17) is 5.73 Å². The predicted molar refractivity (Wildman–Crippen MR) is 98.5 cm³/mol. The number of amides is 3. The molecule has 2 atom stereocenters. The van der Waals surface area contributed by atoms with Crippen LogP contribution in [0.3, 0.4) is 0 Å². The number of nitrogens with zero attached hydrogens (tertiary/aromatic N) is 1. The summed E-state index contributed by atoms with van der Waals surface area (Å²) < 4.78 is 0. The van der Waals surface area contributed by atoms with E-state index in [-0.39, 0.29) is 11.8 Å². The first-order chi connectivity index (χ1) is 12.4. The van der Waals surface area contributed by atoms with Gasteiger partial charge in [-0.3, -0.25) is 19.4 Å². The summed E-state index contributed by atoms with van der Waals surface area (Å²) in [5, 5.41) is 5.37. The molecule has 2 unspecified atom stereocenters. The molecule has 3 amide bonds. The Morgan fingerprint density at radius 3 is 2.46 bits per heavy atom. The van der Waals surface area contributed by atoms with E-state index in [2.05, 4.69) is 15.6 Å². The quantitative estimate of drug-likeness (QED) is 0.705. The van der Waals surface area contributed by atoms with Crippen molar-refractivity contribution in [3.8, 4) is 0 Å². The average molecular weight is 354 g/mol. The number of anilines is 1. The number of hydrogen-bond acceptors (Lipinski definition) is 4. The molecule has 4 N–H and O–H groups in total. The zero-order valence-electron chi connectivity index (χ0n) is 14.7. The Kier molecular flexibility index (Phi) is 6.43. The third kappa shape index (κ3) is 4.89. The van der Waals surface area contributed by atoms with Gasteiger partial charge in [-0.1, -0.05) is 26.3 Å². The third-order valence-corrected chi connectivity index (χ3v) is 4.11. The Morgan fingerprint density at radius 1 is 1.12 bits per heavy atom. The first-order valence-corrected chi connectivity index (χ1v) is 8.34. The summed E-state index contributed by atoms with van der Waals surface area (Å²) in [6, 6.07) is 9.02. The largest absolute Gasteiger partial charge is 0.368 e. The van der Waals surface area contributed by atoms with Gasteiger partial charge < -0.3 is 16.4 Å². The molecular formula is C19H22N4O3. The van der Waals surface area contributed by atoms with Crippen molar-refractivity contribution in [2.45, 2.75) is 26.3 Å². The van der Waals surface area contributed by atoms with Crippen LogP contribution in [0.25, 0.3) is 0 Å². The minimum atomic E-state index is -0.749. The van der Waals surface area contributed by atoms with Crippen molar-refractivity contribution in [2.75, 3.05) is 5.32 Å². The fourth-order valence-electron chi connectivity index (χ4n) is 2.39. The van der Waals surface area contributed by atoms with E-state index in [0.717, 1.165) is 0 Å². The van der Waals surface area contributed by atoms with Crippen molar-refractivity contribution in [3.63, 3.8) is 0 Å². The molecule has 0 spiro atoms. The molecule has 0 fully saturated rings. The maximum atomic E-state index is 12.4. The molecule has 26 heavy (non-hydrogen) atoms. The van der Waals surface area contributed by atoms with Crippen molar-refractivity contribution >= 4 is 23.4 Å². The molecule has 0 aliphatic heterocycles. The molecule has 1 aromatic carbocycles. The minimum Gasteiger partial charge on any atom is -0.368 e. The van der Waals surface area contributed by atoms with Gasteiger partial charge in [0.2, 0.25) is 5.91 Å². The zero-order valence-corrected chi connectivity index (χ0v) is 14.7. The smallest absolute Gasteiger partial charge is 0.257 e. The SMILES string of the molecule is CCC(C)C(NC(=O)c1cccc(NC(=O)c2cccnc2)c1)C(N)=O. The van der Waals surface area contributed by atoms with Gasteiger partial charge in [0.1, 0.15) is 6.04 Å². The molecule has 2 aromatic rings. The number of nitrogens with two attached hydrogens (primary N) is 1. The summed E-state index contributed by atoms with van der Waals surface area (Å²) in [6.45, 7) is 3.77. The lowest BCUT2D eigenvalue weighted by Crippen LogP contribution is -2.48. The number of carbonyl (C=O) groups excluding carboxylic acids is 3. The molecule has 0 aliphatic carbocycles. The zero-order chi connectivity index (χ0) is 19.1. The van der Waals surface area contributed by atoms with Gasteiger partial charge in [0.25, 0.3) is 11.8 Å². The molecule has 1 aromatic heterocycles. The van der Waals surface area contributed by atoms with E-state index < -0.39 is 17.9 Å². The topological polar surface area (TPSA) is 114 Å². The van der Waals surface area contributed by atoms with E-state index in [1.165, 1.54) is 12.3 Å². The third-order valence-electron chi connectivity index (χ3n) is 4.11. The Morgan fingerprint density at radius 2 is 1.85 bits per heavy atom. The van der Waals surface area contributed by atoms with Crippen LogP contribution < -0.4 is 16.4 Å². The van der Waals surface area contributed by atoms with Gasteiger partial charge >= 0.3 is 0 Å². The summed E-state index contributed by atoms with van der Waals surface area (Å²) in [6.07, 6.45) is 3.73. The summed E-state index contributed by atoms with van der Waals surface area (Å²) >= 11 is 0. The average Bonchev–Trinajstić information content (AvgIpc) is 2.66. The van der Waals surface area contributed by atoms with Crippen LogP contribution in [0.2, 0.25) is 0 Å². The lowest BCUT2D eigenvalue weighted by molar-refractivity contribution is -0.120. The van der Waals surface area contributed by atoms with Crippen molar-refractivity contribution < 1.29 is 14.4 Å². The maximum Gasteiger partial charge on any atom is 0.257 e. The van der Waals surface area contributed by atoms with Gasteiger partial charge in [-0.15, -0.1) is 0 Å². The molecule has 0 bridgehead atoms. The second-order valence-corrected chi connectivity index (χ2v) is 6.02. The molecule has 1 heterocycles. The van der Waals surface area contributed by atoms with Gasteiger partial charge in [-0.2, -0.15) is 0 Å². The molecule has 0 aliphatic rings. The van der Waals surface area contributed by atoms with Gasteiger partial charge in [0.15, 0.2) is 0 Å². The summed E-state index contributed by atoms with van der Waals surface area (Å²) in [4.78, 5) is 40.1. The Balaban J connectivity index is 2.11. The number of rotatable bonds is 7. The Hall–Kier alpha value is -3.22. The number of benzene rings is 1. The first kappa shape index (κ1) is 19.1. The fraction of sp³-hybridized carbons (Fsp3) is 0.263. The molecule has 7 heteroatoms. The number of primary amides is 1. The number of hydrogen-bond donors (Lipinski definition) is 3. The summed E-state index contributed by atoms with van der Waals surface area (Å²) in [7, 11) is 0. The highest BCUT2D eigenvalue weighted by Gasteiger charge is 2.24. The second kappa shape index (κ2) is 8.75. The van der Waals surface area contributed by atoms with E-state index in [1.54, 1.807) is 36.5 Å². The highest BCUT2D eigenvalue weighted by molar-refractivity contribution is 6.05. The van der Waals surface area contributed by atoms with Crippen LogP contribution in [0.4, 0.5) is 5.69 Å². The van der Waals surface area contributed by atoms with E-state index in [0.29, 0.717) is 23.2 Å². The van der Waals surface area contributed by atoms with Gasteiger partial charge in [-0.05, 0) is 36.2 Å². The van der Waals surface area contributed by atoms with Gasteiger partial charge in [-0.25, -0.2) is 0 Å². The van der Waals surface area contributed by atoms with Crippen LogP contribution in [-0.4, -0.2) is 28.7 Å². The fourth-order valence-corrected chi connectivity index (χ4v) is 2.39. The van der Waals surface area contributed by atoms with Crippen LogP contribution in [0.1, 0.15) is 41.0 Å². The van der Waals surface area contributed by atoms with Crippen LogP contribution in [0.5, 0.6) is 0 Å². The number of aromatic nitrogens is 1. The molecule has 136 valence electrons. The first-order valence-electron chi connectivity index (χ1n) is 8.34. The predicted octanol–water partition coefficient (Wildman–Crippen LogP) is 1.96. The highest BCUT2D eigenvalue weighted by atomic mass is 16.2. The molecule has 0 radical (unpaired) electrons. The number of carbonyl (C=O) groups is 3. The van der Waals surface area contributed by atoms with E-state index >= 15 is 0 Å².